The Morgan fingerprint density at radius 1 is 1.08 bits per heavy atom. The number of nitrogens with one attached hydrogen (secondary N) is 2. The van der Waals surface area contributed by atoms with Crippen LogP contribution >= 0.6 is 0 Å². The molecule has 5 rings (SSSR count). The summed E-state index contributed by atoms with van der Waals surface area (Å²) in [5, 5.41) is 3.35. The van der Waals surface area contributed by atoms with Crippen molar-refractivity contribution in [2.24, 2.45) is 0 Å². The number of rotatable bonds is 12. The van der Waals surface area contributed by atoms with E-state index in [1.807, 2.05) is 35.2 Å². The van der Waals surface area contributed by atoms with Gasteiger partial charge in [0.2, 0.25) is 15.9 Å². The van der Waals surface area contributed by atoms with E-state index in [0.717, 1.165) is 24.9 Å². The predicted octanol–water partition coefficient (Wildman–Crippen LogP) is 2.64. The van der Waals surface area contributed by atoms with Crippen LogP contribution in [0.1, 0.15) is 43.2 Å². The van der Waals surface area contributed by atoms with E-state index in [1.165, 1.54) is 24.1 Å². The minimum absolute atomic E-state index is 0.000492. The van der Waals surface area contributed by atoms with Crippen molar-refractivity contribution in [3.63, 3.8) is 0 Å². The van der Waals surface area contributed by atoms with Crippen molar-refractivity contribution in [2.75, 3.05) is 50.5 Å². The maximum atomic E-state index is 13.7. The summed E-state index contributed by atoms with van der Waals surface area (Å²) < 4.78 is 34.4. The zero-order valence-corrected chi connectivity index (χ0v) is 23.1. The van der Waals surface area contributed by atoms with E-state index in [1.54, 1.807) is 0 Å². The second kappa shape index (κ2) is 11.7. The number of sulfonamides is 1. The molecule has 1 atom stereocenters. The monoisotopic (exact) mass is 540 g/mol. The number of likely N-dealkylation sites (N-methyl/N-ethyl adjacent to an activating group) is 1. The highest BCUT2D eigenvalue weighted by atomic mass is 32.2. The van der Waals surface area contributed by atoms with Crippen LogP contribution in [0.5, 0.6) is 0 Å². The average molecular weight is 541 g/mol. The van der Waals surface area contributed by atoms with Crippen molar-refractivity contribution in [1.82, 2.24) is 14.9 Å². The number of hydrogen-bond acceptors (Lipinski definition) is 6. The third kappa shape index (κ3) is 6.57. The molecular formula is C29H40N4O4S. The molecule has 0 unspecified atom stereocenters. The average Bonchev–Trinajstić information content (AvgIpc) is 3.71. The van der Waals surface area contributed by atoms with Crippen LogP contribution < -0.4 is 14.9 Å². The first kappa shape index (κ1) is 27.1. The third-order valence-corrected chi connectivity index (χ3v) is 9.54. The Morgan fingerprint density at radius 2 is 1.79 bits per heavy atom. The first-order valence-corrected chi connectivity index (χ1v) is 15.4. The summed E-state index contributed by atoms with van der Waals surface area (Å²) in [6.45, 7) is 3.13. The van der Waals surface area contributed by atoms with Crippen LogP contribution in [-0.2, 0) is 31.6 Å². The molecule has 0 bridgehead atoms. The number of nitrogens with zero attached hydrogens (tertiary/aromatic N) is 2. The summed E-state index contributed by atoms with van der Waals surface area (Å²) >= 11 is 0. The number of anilines is 1. The SMILES string of the molecule is CN1CC2(CCN(C(=O)[C@@H](COCc3ccccc3)NS(=O)(=O)CCCNC3CC3)CC2)c2ccccc21. The minimum Gasteiger partial charge on any atom is -0.375 e. The number of para-hydroxylation sites is 1. The minimum atomic E-state index is -3.63. The highest BCUT2D eigenvalue weighted by Gasteiger charge is 2.44. The Hall–Kier alpha value is -2.46. The smallest absolute Gasteiger partial charge is 0.243 e. The van der Waals surface area contributed by atoms with E-state index < -0.39 is 16.1 Å². The Bertz CT molecular complexity index is 1190. The van der Waals surface area contributed by atoms with Crippen LogP contribution in [0.25, 0.3) is 0 Å². The van der Waals surface area contributed by atoms with Crippen molar-refractivity contribution >= 4 is 21.6 Å². The number of fused-ring (bicyclic) bond motifs is 2. The summed E-state index contributed by atoms with van der Waals surface area (Å²) in [6, 6.07) is 17.8. The zero-order chi connectivity index (χ0) is 26.6. The highest BCUT2D eigenvalue weighted by molar-refractivity contribution is 7.89. The van der Waals surface area contributed by atoms with Crippen LogP contribution in [-0.4, -0.2) is 76.9 Å². The van der Waals surface area contributed by atoms with Gasteiger partial charge in [0.15, 0.2) is 0 Å². The number of hydrogen-bond donors (Lipinski definition) is 2. The number of ether oxygens (including phenoxy) is 1. The molecule has 1 amide bonds. The summed E-state index contributed by atoms with van der Waals surface area (Å²) in [5.74, 6) is -0.214. The Balaban J connectivity index is 1.21. The fraction of sp³-hybridized carbons (Fsp3) is 0.552. The summed E-state index contributed by atoms with van der Waals surface area (Å²) in [6.07, 6.45) is 4.56. The fourth-order valence-electron chi connectivity index (χ4n) is 5.84. The van der Waals surface area contributed by atoms with Crippen molar-refractivity contribution in [3.8, 4) is 0 Å². The van der Waals surface area contributed by atoms with Crippen LogP contribution in [0.2, 0.25) is 0 Å². The number of carbonyl (C=O) groups excluding carboxylic acids is 1. The Morgan fingerprint density at radius 3 is 2.53 bits per heavy atom. The molecule has 1 aliphatic carbocycles. The molecule has 1 saturated carbocycles. The summed E-state index contributed by atoms with van der Waals surface area (Å²) in [5.41, 5.74) is 3.65. The number of likely N-dealkylation sites (tertiary alicyclic amines) is 1. The van der Waals surface area contributed by atoms with Gasteiger partial charge >= 0.3 is 0 Å². The Kier molecular flexibility index (Phi) is 8.38. The lowest BCUT2D eigenvalue weighted by Crippen LogP contribution is -2.55. The van der Waals surface area contributed by atoms with Gasteiger partial charge in [-0.2, -0.15) is 0 Å². The number of amides is 1. The van der Waals surface area contributed by atoms with Crippen molar-refractivity contribution in [2.45, 2.75) is 56.2 Å². The molecule has 0 radical (unpaired) electrons. The first-order chi connectivity index (χ1) is 18.4. The predicted molar refractivity (Wildman–Crippen MR) is 150 cm³/mol. The largest absolute Gasteiger partial charge is 0.375 e. The molecule has 0 aromatic heterocycles. The molecule has 9 heteroatoms. The molecule has 8 nitrogen and oxygen atoms in total. The van der Waals surface area contributed by atoms with Crippen molar-refractivity contribution in [1.29, 1.82) is 0 Å². The molecule has 2 aromatic rings. The van der Waals surface area contributed by atoms with Gasteiger partial charge in [-0.05, 0) is 55.8 Å². The standard InChI is InChI=1S/C29H40N4O4S/c1-32-22-29(25-10-5-6-11-27(25)32)14-17-33(18-15-29)28(34)26(21-37-20-23-8-3-2-4-9-23)31-38(35,36)19-7-16-30-24-12-13-24/h2-6,8-11,24,26,30-31H,7,12-22H2,1H3/t26-/m1/s1. The Labute approximate surface area is 226 Å². The van der Waals surface area contributed by atoms with Gasteiger partial charge in [0.1, 0.15) is 6.04 Å². The normalized spacial score (nSPS) is 19.5. The lowest BCUT2D eigenvalue weighted by atomic mass is 9.74. The molecule has 2 aromatic carbocycles. The molecule has 2 N–H and O–H groups in total. The van der Waals surface area contributed by atoms with Crippen LogP contribution in [0.15, 0.2) is 54.6 Å². The second-order valence-electron chi connectivity index (χ2n) is 11.1. The molecule has 3 aliphatic rings. The van der Waals surface area contributed by atoms with Crippen LogP contribution in [0, 0.1) is 0 Å². The van der Waals surface area contributed by atoms with Gasteiger partial charge < -0.3 is 19.9 Å². The van der Waals surface area contributed by atoms with Gasteiger partial charge in [-0.1, -0.05) is 48.5 Å². The maximum Gasteiger partial charge on any atom is 0.243 e. The third-order valence-electron chi connectivity index (χ3n) is 8.07. The first-order valence-electron chi connectivity index (χ1n) is 13.8. The zero-order valence-electron chi connectivity index (χ0n) is 22.3. The number of carbonyl (C=O) groups is 1. The molecule has 1 saturated heterocycles. The summed E-state index contributed by atoms with van der Waals surface area (Å²) in [7, 11) is -1.51. The van der Waals surface area contributed by atoms with Crippen molar-refractivity contribution in [3.05, 3.63) is 65.7 Å². The van der Waals surface area contributed by atoms with Gasteiger partial charge in [-0.15, -0.1) is 0 Å². The molecule has 2 heterocycles. The van der Waals surface area contributed by atoms with Gasteiger partial charge in [-0.3, -0.25) is 4.79 Å². The molecular weight excluding hydrogens is 500 g/mol. The van der Waals surface area contributed by atoms with E-state index in [2.05, 4.69) is 46.3 Å². The van der Waals surface area contributed by atoms with Crippen LogP contribution in [0.4, 0.5) is 5.69 Å². The van der Waals surface area contributed by atoms with Gasteiger partial charge in [0.25, 0.3) is 0 Å². The topological polar surface area (TPSA) is 91.0 Å². The van der Waals surface area contributed by atoms with E-state index in [4.69, 9.17) is 4.74 Å². The van der Waals surface area contributed by atoms with E-state index in [0.29, 0.717) is 38.7 Å². The summed E-state index contributed by atoms with van der Waals surface area (Å²) in [4.78, 5) is 17.8. The molecule has 1 spiro atoms. The molecule has 38 heavy (non-hydrogen) atoms. The molecule has 2 fully saturated rings. The lowest BCUT2D eigenvalue weighted by Gasteiger charge is -2.41. The van der Waals surface area contributed by atoms with Gasteiger partial charge in [0.05, 0.1) is 19.0 Å². The van der Waals surface area contributed by atoms with E-state index >= 15 is 0 Å². The lowest BCUT2D eigenvalue weighted by molar-refractivity contribution is -0.136. The van der Waals surface area contributed by atoms with Crippen molar-refractivity contribution < 1.29 is 17.9 Å². The van der Waals surface area contributed by atoms with Gasteiger partial charge in [0, 0.05) is 43.8 Å². The molecule has 2 aliphatic heterocycles. The molecule has 206 valence electrons. The van der Waals surface area contributed by atoms with Crippen LogP contribution in [0.3, 0.4) is 0 Å². The van der Waals surface area contributed by atoms with Gasteiger partial charge in [-0.25, -0.2) is 13.1 Å². The fourth-order valence-corrected chi connectivity index (χ4v) is 7.08. The van der Waals surface area contributed by atoms with E-state index in [9.17, 15) is 13.2 Å². The number of piperidine rings is 1. The second-order valence-corrected chi connectivity index (χ2v) is 12.9. The van der Waals surface area contributed by atoms with E-state index in [-0.39, 0.29) is 23.7 Å². The maximum absolute atomic E-state index is 13.7. The highest BCUT2D eigenvalue weighted by Crippen LogP contribution is 2.46. The number of benzene rings is 2. The quantitative estimate of drug-likeness (QED) is 0.403.